The Bertz CT molecular complexity index is 634. The van der Waals surface area contributed by atoms with Crippen LogP contribution >= 0.6 is 0 Å². The van der Waals surface area contributed by atoms with Crippen molar-refractivity contribution in [3.05, 3.63) is 39.8 Å². The molecular formula is C10H7N3O5. The van der Waals surface area contributed by atoms with E-state index in [-0.39, 0.29) is 11.6 Å². The summed E-state index contributed by atoms with van der Waals surface area (Å²) in [6.45, 7) is 1.57. The number of nitro groups is 1. The molecule has 92 valence electrons. The van der Waals surface area contributed by atoms with E-state index in [0.29, 0.717) is 11.1 Å². The molecule has 8 nitrogen and oxygen atoms in total. The van der Waals surface area contributed by atoms with Crippen molar-refractivity contribution in [2.75, 3.05) is 0 Å². The summed E-state index contributed by atoms with van der Waals surface area (Å²) < 4.78 is 4.89. The zero-order valence-corrected chi connectivity index (χ0v) is 9.15. The highest BCUT2D eigenvalue weighted by molar-refractivity contribution is 5.82. The lowest BCUT2D eigenvalue weighted by Gasteiger charge is -1.98. The molecule has 18 heavy (non-hydrogen) atoms. The van der Waals surface area contributed by atoms with Crippen molar-refractivity contribution in [1.82, 2.24) is 10.2 Å². The van der Waals surface area contributed by atoms with E-state index in [9.17, 15) is 14.9 Å². The number of rotatable bonds is 3. The van der Waals surface area contributed by atoms with Gasteiger partial charge in [-0.15, -0.1) is 10.2 Å². The molecule has 1 N–H and O–H groups in total. The van der Waals surface area contributed by atoms with E-state index < -0.39 is 16.8 Å². The van der Waals surface area contributed by atoms with E-state index in [1.165, 1.54) is 18.2 Å². The van der Waals surface area contributed by atoms with Crippen LogP contribution in [0.4, 0.5) is 5.69 Å². The van der Waals surface area contributed by atoms with Gasteiger partial charge in [0.05, 0.1) is 4.92 Å². The number of aryl methyl sites for hydroxylation is 1. The zero-order chi connectivity index (χ0) is 13.3. The third kappa shape index (κ3) is 2.03. The van der Waals surface area contributed by atoms with Crippen LogP contribution in [0.15, 0.2) is 22.6 Å². The normalized spacial score (nSPS) is 10.3. The molecule has 1 aromatic heterocycles. The van der Waals surface area contributed by atoms with Crippen molar-refractivity contribution >= 4 is 11.7 Å². The van der Waals surface area contributed by atoms with Crippen LogP contribution in [-0.4, -0.2) is 26.2 Å². The summed E-state index contributed by atoms with van der Waals surface area (Å²) in [5, 5.41) is 26.2. The van der Waals surface area contributed by atoms with Gasteiger partial charge in [0.2, 0.25) is 5.89 Å². The molecule has 2 rings (SSSR count). The number of aromatic nitrogens is 2. The maximum Gasteiger partial charge on any atom is 0.393 e. The molecule has 1 aromatic carbocycles. The van der Waals surface area contributed by atoms with Gasteiger partial charge in [-0.25, -0.2) is 4.79 Å². The second-order valence-corrected chi connectivity index (χ2v) is 3.48. The summed E-state index contributed by atoms with van der Waals surface area (Å²) in [5.74, 6) is -1.85. The Labute approximate surface area is 100 Å². The van der Waals surface area contributed by atoms with E-state index in [1.54, 1.807) is 6.92 Å². The highest BCUT2D eigenvalue weighted by Gasteiger charge is 2.16. The summed E-state index contributed by atoms with van der Waals surface area (Å²) in [7, 11) is 0. The number of carboxylic acid groups (broad SMARTS) is 1. The summed E-state index contributed by atoms with van der Waals surface area (Å²) in [5.41, 5.74) is 0.822. The SMILES string of the molecule is Cc1cc(-c2nnc(C(=O)O)o2)ccc1[N+](=O)[O-]. The number of carbonyl (C=O) groups is 1. The molecule has 0 radical (unpaired) electrons. The van der Waals surface area contributed by atoms with Crippen LogP contribution in [0, 0.1) is 17.0 Å². The number of hydrogen-bond acceptors (Lipinski definition) is 6. The molecule has 1 heterocycles. The fourth-order valence-electron chi connectivity index (χ4n) is 1.42. The van der Waals surface area contributed by atoms with Gasteiger partial charge in [-0.2, -0.15) is 0 Å². The molecule has 0 saturated carbocycles. The van der Waals surface area contributed by atoms with Crippen molar-refractivity contribution in [2.24, 2.45) is 0 Å². The van der Waals surface area contributed by atoms with Gasteiger partial charge < -0.3 is 9.52 Å². The van der Waals surface area contributed by atoms with Gasteiger partial charge >= 0.3 is 11.9 Å². The number of nitro benzene ring substituents is 1. The highest BCUT2D eigenvalue weighted by Crippen LogP contribution is 2.25. The van der Waals surface area contributed by atoms with Crippen molar-refractivity contribution in [3.8, 4) is 11.5 Å². The summed E-state index contributed by atoms with van der Waals surface area (Å²) in [6, 6.07) is 4.21. The molecule has 0 bridgehead atoms. The third-order valence-corrected chi connectivity index (χ3v) is 2.25. The van der Waals surface area contributed by atoms with E-state index in [0.717, 1.165) is 0 Å². The Morgan fingerprint density at radius 3 is 2.67 bits per heavy atom. The van der Waals surface area contributed by atoms with Gasteiger partial charge in [0.25, 0.3) is 5.69 Å². The molecule has 0 unspecified atom stereocenters. The molecule has 0 atom stereocenters. The maximum atomic E-state index is 10.6. The first-order valence-electron chi connectivity index (χ1n) is 4.81. The topological polar surface area (TPSA) is 119 Å². The van der Waals surface area contributed by atoms with Crippen LogP contribution in [-0.2, 0) is 0 Å². The lowest BCUT2D eigenvalue weighted by atomic mass is 10.1. The predicted octanol–water partition coefficient (Wildman–Crippen LogP) is 1.65. The first-order valence-corrected chi connectivity index (χ1v) is 4.81. The van der Waals surface area contributed by atoms with Crippen LogP contribution in [0.5, 0.6) is 0 Å². The van der Waals surface area contributed by atoms with Crippen LogP contribution in [0.2, 0.25) is 0 Å². The summed E-state index contributed by atoms with van der Waals surface area (Å²) >= 11 is 0. The Morgan fingerprint density at radius 1 is 1.44 bits per heavy atom. The molecule has 0 fully saturated rings. The monoisotopic (exact) mass is 249 g/mol. The first kappa shape index (κ1) is 11.7. The van der Waals surface area contributed by atoms with Crippen molar-refractivity contribution in [3.63, 3.8) is 0 Å². The Kier molecular flexibility index (Phi) is 2.76. The zero-order valence-electron chi connectivity index (χ0n) is 9.15. The van der Waals surface area contributed by atoms with Crippen molar-refractivity contribution in [1.29, 1.82) is 0 Å². The van der Waals surface area contributed by atoms with E-state index in [4.69, 9.17) is 9.52 Å². The molecule has 0 amide bonds. The second-order valence-electron chi connectivity index (χ2n) is 3.48. The van der Waals surface area contributed by atoms with Crippen molar-refractivity contribution < 1.29 is 19.2 Å². The number of hydrogen-bond donors (Lipinski definition) is 1. The number of carboxylic acids is 1. The number of benzene rings is 1. The Morgan fingerprint density at radius 2 is 2.17 bits per heavy atom. The van der Waals surface area contributed by atoms with E-state index >= 15 is 0 Å². The number of aromatic carboxylic acids is 1. The standard InChI is InChI=1S/C10H7N3O5/c1-5-4-6(2-3-7(5)13(16)17)8-11-12-9(18-8)10(14)15/h2-4H,1H3,(H,14,15). The molecule has 8 heteroatoms. The van der Waals surface area contributed by atoms with Crippen LogP contribution < -0.4 is 0 Å². The van der Waals surface area contributed by atoms with E-state index in [2.05, 4.69) is 10.2 Å². The van der Waals surface area contributed by atoms with Gasteiger partial charge in [0.15, 0.2) is 0 Å². The van der Waals surface area contributed by atoms with Gasteiger partial charge in [-0.05, 0) is 19.1 Å². The van der Waals surface area contributed by atoms with Gasteiger partial charge in [-0.1, -0.05) is 0 Å². The highest BCUT2D eigenvalue weighted by atomic mass is 16.6. The van der Waals surface area contributed by atoms with E-state index in [1.807, 2.05) is 0 Å². The Hall–Kier alpha value is -2.77. The predicted molar refractivity (Wildman–Crippen MR) is 58.1 cm³/mol. The molecule has 2 aromatic rings. The summed E-state index contributed by atoms with van der Waals surface area (Å²) in [6.07, 6.45) is 0. The minimum Gasteiger partial charge on any atom is -0.474 e. The van der Waals surface area contributed by atoms with Crippen LogP contribution in [0.3, 0.4) is 0 Å². The second kappa shape index (κ2) is 4.24. The average Bonchev–Trinajstić information content (AvgIpc) is 2.77. The minimum atomic E-state index is -1.33. The molecule has 0 aliphatic rings. The van der Waals surface area contributed by atoms with Crippen LogP contribution in [0.25, 0.3) is 11.5 Å². The van der Waals surface area contributed by atoms with Gasteiger partial charge in [0.1, 0.15) is 0 Å². The molecule has 0 aliphatic heterocycles. The molecule has 0 saturated heterocycles. The molecular weight excluding hydrogens is 242 g/mol. The minimum absolute atomic E-state index is 0.00500. The van der Waals surface area contributed by atoms with Crippen LogP contribution in [0.1, 0.15) is 16.2 Å². The lowest BCUT2D eigenvalue weighted by molar-refractivity contribution is -0.385. The van der Waals surface area contributed by atoms with Gasteiger partial charge in [-0.3, -0.25) is 10.1 Å². The largest absolute Gasteiger partial charge is 0.474 e. The first-order chi connectivity index (χ1) is 8.49. The third-order valence-electron chi connectivity index (χ3n) is 2.25. The maximum absolute atomic E-state index is 10.6. The summed E-state index contributed by atoms with van der Waals surface area (Å²) in [4.78, 5) is 20.7. The Balaban J connectivity index is 2.42. The van der Waals surface area contributed by atoms with Crippen molar-refractivity contribution in [2.45, 2.75) is 6.92 Å². The van der Waals surface area contributed by atoms with Gasteiger partial charge in [0, 0.05) is 17.2 Å². The molecule has 0 spiro atoms. The number of nitrogens with zero attached hydrogens (tertiary/aromatic N) is 3. The smallest absolute Gasteiger partial charge is 0.393 e. The fourth-order valence-corrected chi connectivity index (χ4v) is 1.42. The quantitative estimate of drug-likeness (QED) is 0.648. The average molecular weight is 249 g/mol. The fraction of sp³-hybridized carbons (Fsp3) is 0.100. The lowest BCUT2D eigenvalue weighted by Crippen LogP contribution is -1.95. The molecule has 0 aliphatic carbocycles.